The number of rotatable bonds is 7. The van der Waals surface area contributed by atoms with Gasteiger partial charge in [-0.05, 0) is 31.3 Å². The van der Waals surface area contributed by atoms with Gasteiger partial charge in [0.2, 0.25) is 0 Å². The second kappa shape index (κ2) is 10.6. The summed E-state index contributed by atoms with van der Waals surface area (Å²) in [5.41, 5.74) is 2.69. The summed E-state index contributed by atoms with van der Waals surface area (Å²) in [5, 5.41) is 3.27. The molecule has 2 aliphatic rings. The van der Waals surface area contributed by atoms with Gasteiger partial charge in [-0.25, -0.2) is 28.4 Å². The van der Waals surface area contributed by atoms with Crippen molar-refractivity contribution in [2.75, 3.05) is 89.1 Å². The van der Waals surface area contributed by atoms with E-state index in [1.807, 2.05) is 12.1 Å². The number of morpholine rings is 1. The largest absolute Gasteiger partial charge is 0.379 e. The van der Waals surface area contributed by atoms with E-state index in [0.717, 1.165) is 76.5 Å². The van der Waals surface area contributed by atoms with Gasteiger partial charge < -0.3 is 19.9 Å². The number of anilines is 2. The van der Waals surface area contributed by atoms with Crippen LogP contribution in [0.5, 0.6) is 0 Å². The van der Waals surface area contributed by atoms with Crippen LogP contribution < -0.4 is 10.2 Å². The molecule has 2 saturated heterocycles. The summed E-state index contributed by atoms with van der Waals surface area (Å²) in [4.78, 5) is 25.0. The van der Waals surface area contributed by atoms with Crippen LogP contribution in [0.15, 0.2) is 35.5 Å². The molecule has 1 aromatic carbocycles. The number of fused-ring (bicyclic) bond motifs is 1. The molecule has 192 valence electrons. The van der Waals surface area contributed by atoms with Gasteiger partial charge in [0.25, 0.3) is 0 Å². The molecule has 0 unspecified atom stereocenters. The zero-order valence-electron chi connectivity index (χ0n) is 20.7. The van der Waals surface area contributed by atoms with E-state index < -0.39 is 9.84 Å². The molecule has 2 fully saturated rings. The minimum atomic E-state index is -3.52. The van der Waals surface area contributed by atoms with Crippen molar-refractivity contribution in [1.82, 2.24) is 29.7 Å². The Morgan fingerprint density at radius 2 is 1.69 bits per heavy atom. The summed E-state index contributed by atoms with van der Waals surface area (Å²) in [5.74, 6) is 1.01. The molecule has 3 aromatic rings. The molecule has 2 aliphatic heterocycles. The summed E-state index contributed by atoms with van der Waals surface area (Å²) < 4.78 is 29.6. The third kappa shape index (κ3) is 5.72. The first-order chi connectivity index (χ1) is 17.4. The molecular formula is C24H32N8O3S. The Kier molecular flexibility index (Phi) is 7.28. The fraction of sp³-hybridized carbons (Fsp3) is 0.500. The molecule has 36 heavy (non-hydrogen) atoms. The lowest BCUT2D eigenvalue weighted by Crippen LogP contribution is -2.44. The van der Waals surface area contributed by atoms with E-state index >= 15 is 0 Å². The van der Waals surface area contributed by atoms with Crippen molar-refractivity contribution < 1.29 is 13.2 Å². The van der Waals surface area contributed by atoms with Crippen LogP contribution in [-0.2, 0) is 14.6 Å². The van der Waals surface area contributed by atoms with Gasteiger partial charge in [-0.15, -0.1) is 0 Å². The number of nitrogens with zero attached hydrogens (tertiary/aromatic N) is 7. The highest BCUT2D eigenvalue weighted by Gasteiger charge is 2.18. The van der Waals surface area contributed by atoms with Crippen molar-refractivity contribution in [3.63, 3.8) is 0 Å². The van der Waals surface area contributed by atoms with Crippen LogP contribution >= 0.6 is 0 Å². The van der Waals surface area contributed by atoms with Gasteiger partial charge in [0.05, 0.1) is 19.4 Å². The van der Waals surface area contributed by atoms with E-state index in [-0.39, 0.29) is 10.7 Å². The zero-order chi connectivity index (χ0) is 25.1. The van der Waals surface area contributed by atoms with Crippen LogP contribution in [0.3, 0.4) is 0 Å². The molecule has 5 rings (SSSR count). The molecule has 0 atom stereocenters. The van der Waals surface area contributed by atoms with E-state index in [2.05, 4.69) is 54.1 Å². The average molecular weight is 513 g/mol. The summed E-state index contributed by atoms with van der Waals surface area (Å²) in [6, 6.07) is 8.16. The van der Waals surface area contributed by atoms with Crippen molar-refractivity contribution >= 4 is 32.5 Å². The van der Waals surface area contributed by atoms with E-state index in [1.165, 1.54) is 6.20 Å². The van der Waals surface area contributed by atoms with E-state index in [4.69, 9.17) is 9.72 Å². The first-order valence-corrected chi connectivity index (χ1v) is 14.1. The number of hydrogen-bond acceptors (Lipinski definition) is 11. The topological polar surface area (TPSA) is 117 Å². The predicted molar refractivity (Wildman–Crippen MR) is 139 cm³/mol. The third-order valence-electron chi connectivity index (χ3n) is 6.58. The first-order valence-electron chi connectivity index (χ1n) is 12.2. The maximum atomic E-state index is 12.1. The van der Waals surface area contributed by atoms with Crippen molar-refractivity contribution in [2.45, 2.75) is 5.03 Å². The van der Waals surface area contributed by atoms with E-state index in [9.17, 15) is 8.42 Å². The minimum Gasteiger partial charge on any atom is -0.379 e. The van der Waals surface area contributed by atoms with Gasteiger partial charge in [-0.2, -0.15) is 0 Å². The van der Waals surface area contributed by atoms with Crippen LogP contribution in [-0.4, -0.2) is 117 Å². The molecule has 0 aliphatic carbocycles. The Morgan fingerprint density at radius 3 is 2.39 bits per heavy atom. The number of benzene rings is 1. The summed E-state index contributed by atoms with van der Waals surface area (Å²) in [7, 11) is -1.38. The van der Waals surface area contributed by atoms with Crippen molar-refractivity contribution in [3.05, 3.63) is 30.5 Å². The summed E-state index contributed by atoms with van der Waals surface area (Å²) in [6.07, 6.45) is 2.38. The van der Waals surface area contributed by atoms with Gasteiger partial charge in [0, 0.05) is 69.9 Å². The maximum absolute atomic E-state index is 12.1. The number of nitrogens with one attached hydrogen (secondary N) is 1. The molecule has 0 saturated carbocycles. The Morgan fingerprint density at radius 1 is 0.972 bits per heavy atom. The summed E-state index contributed by atoms with van der Waals surface area (Å²) in [6.45, 7) is 8.82. The molecular weight excluding hydrogens is 480 g/mol. The molecule has 1 N–H and O–H groups in total. The Hall–Kier alpha value is -2.93. The van der Waals surface area contributed by atoms with Crippen LogP contribution in [0.4, 0.5) is 11.5 Å². The number of sulfone groups is 1. The van der Waals surface area contributed by atoms with Gasteiger partial charge in [0.15, 0.2) is 37.7 Å². The standard InChI is InChI=1S/C24H32N8O3S/c1-30-9-11-32(12-10-30)19-5-3-18(4-6-19)22-28-23(25-7-8-31-13-15-35-16-14-31)21-24(29-22)27-20(17-26-21)36(2,33)34/h3-6,17H,7-16H2,1-2H3,(H,25,27,28,29). The van der Waals surface area contributed by atoms with Gasteiger partial charge in [0.1, 0.15) is 0 Å². The van der Waals surface area contributed by atoms with E-state index in [0.29, 0.717) is 23.7 Å². The fourth-order valence-electron chi connectivity index (χ4n) is 4.37. The lowest BCUT2D eigenvalue weighted by Gasteiger charge is -2.34. The van der Waals surface area contributed by atoms with Crippen molar-refractivity contribution in [1.29, 1.82) is 0 Å². The quantitative estimate of drug-likeness (QED) is 0.488. The SMILES string of the molecule is CN1CCN(c2ccc(-c3nc(NCCN4CCOCC4)c4ncc(S(C)(=O)=O)nc4n3)cc2)CC1. The normalized spacial score (nSPS) is 18.0. The monoisotopic (exact) mass is 512 g/mol. The number of likely N-dealkylation sites (N-methyl/N-ethyl adjacent to an activating group) is 1. The molecule has 0 radical (unpaired) electrons. The second-order valence-electron chi connectivity index (χ2n) is 9.27. The van der Waals surface area contributed by atoms with E-state index in [1.54, 1.807) is 0 Å². The summed E-state index contributed by atoms with van der Waals surface area (Å²) >= 11 is 0. The number of aromatic nitrogens is 4. The lowest BCUT2D eigenvalue weighted by atomic mass is 10.1. The Labute approximate surface area is 211 Å². The maximum Gasteiger partial charge on any atom is 0.194 e. The molecule has 12 heteroatoms. The molecule has 2 aromatic heterocycles. The second-order valence-corrected chi connectivity index (χ2v) is 11.2. The molecule has 0 amide bonds. The highest BCUT2D eigenvalue weighted by molar-refractivity contribution is 7.90. The van der Waals surface area contributed by atoms with Crippen LogP contribution in [0, 0.1) is 0 Å². The van der Waals surface area contributed by atoms with Gasteiger partial charge >= 0.3 is 0 Å². The Bertz CT molecular complexity index is 1300. The van der Waals surface area contributed by atoms with Crippen LogP contribution in [0.25, 0.3) is 22.6 Å². The zero-order valence-corrected chi connectivity index (χ0v) is 21.5. The highest BCUT2D eigenvalue weighted by atomic mass is 32.2. The predicted octanol–water partition coefficient (Wildman–Crippen LogP) is 0.986. The minimum absolute atomic E-state index is 0.107. The van der Waals surface area contributed by atoms with Crippen LogP contribution in [0.2, 0.25) is 0 Å². The number of ether oxygens (including phenoxy) is 1. The van der Waals surface area contributed by atoms with Gasteiger partial charge in [-0.3, -0.25) is 4.90 Å². The highest BCUT2D eigenvalue weighted by Crippen LogP contribution is 2.26. The molecule has 4 heterocycles. The number of hydrogen-bond donors (Lipinski definition) is 1. The smallest absolute Gasteiger partial charge is 0.194 e. The molecule has 0 bridgehead atoms. The van der Waals surface area contributed by atoms with Crippen molar-refractivity contribution in [3.8, 4) is 11.4 Å². The van der Waals surface area contributed by atoms with Crippen LogP contribution in [0.1, 0.15) is 0 Å². The molecule has 0 spiro atoms. The van der Waals surface area contributed by atoms with Crippen molar-refractivity contribution in [2.24, 2.45) is 0 Å². The average Bonchev–Trinajstić information content (AvgIpc) is 2.89. The Balaban J connectivity index is 1.43. The van der Waals surface area contributed by atoms with Gasteiger partial charge in [-0.1, -0.05) is 0 Å². The molecule has 11 nitrogen and oxygen atoms in total. The third-order valence-corrected chi connectivity index (χ3v) is 7.54. The fourth-order valence-corrected chi connectivity index (χ4v) is 4.86. The number of piperazine rings is 1. The lowest BCUT2D eigenvalue weighted by molar-refractivity contribution is 0.0398. The first kappa shape index (κ1) is 24.8.